The number of nitrogens with zero attached hydrogens (tertiary/aromatic N) is 1. The summed E-state index contributed by atoms with van der Waals surface area (Å²) in [5.74, 6) is 0. The molecule has 2 atom stereocenters. The van der Waals surface area contributed by atoms with Gasteiger partial charge in [-0.3, -0.25) is 4.90 Å². The van der Waals surface area contributed by atoms with Crippen molar-refractivity contribution in [2.24, 2.45) is 0 Å². The zero-order valence-corrected chi connectivity index (χ0v) is 12.0. The number of aliphatic hydroxyl groups excluding tert-OH is 1. The van der Waals surface area contributed by atoms with Gasteiger partial charge in [0.1, 0.15) is 0 Å². The van der Waals surface area contributed by atoms with E-state index in [1.54, 1.807) is 0 Å². The molecule has 2 unspecified atom stereocenters. The maximum absolute atomic E-state index is 9.63. The Balaban J connectivity index is 2.62. The van der Waals surface area contributed by atoms with Gasteiger partial charge in [-0.05, 0) is 52.6 Å². The first-order valence-corrected chi connectivity index (χ1v) is 7.20. The Morgan fingerprint density at radius 3 is 2.59 bits per heavy atom. The zero-order chi connectivity index (χ0) is 12.9. The zero-order valence-electron chi connectivity index (χ0n) is 12.0. The van der Waals surface area contributed by atoms with Crippen LogP contribution in [0.2, 0.25) is 0 Å². The molecule has 0 amide bonds. The Morgan fingerprint density at radius 1 is 1.41 bits per heavy atom. The van der Waals surface area contributed by atoms with Crippen LogP contribution < -0.4 is 5.32 Å². The molecular formula is C14H30N2O. The molecule has 0 aromatic carbocycles. The summed E-state index contributed by atoms with van der Waals surface area (Å²) < 4.78 is 0. The summed E-state index contributed by atoms with van der Waals surface area (Å²) in [5.41, 5.74) is -0.0136. The van der Waals surface area contributed by atoms with Gasteiger partial charge in [-0.25, -0.2) is 0 Å². The van der Waals surface area contributed by atoms with Crippen molar-refractivity contribution in [1.29, 1.82) is 0 Å². The monoisotopic (exact) mass is 242 g/mol. The molecule has 1 aliphatic rings. The van der Waals surface area contributed by atoms with Crippen LogP contribution in [0.3, 0.4) is 0 Å². The van der Waals surface area contributed by atoms with Crippen molar-refractivity contribution in [1.82, 2.24) is 10.2 Å². The molecule has 102 valence electrons. The van der Waals surface area contributed by atoms with E-state index in [0.717, 1.165) is 19.4 Å². The van der Waals surface area contributed by atoms with Gasteiger partial charge in [-0.15, -0.1) is 0 Å². The lowest BCUT2D eigenvalue weighted by Gasteiger charge is -2.34. The largest absolute Gasteiger partial charge is 0.394 e. The molecule has 0 aromatic heterocycles. The average molecular weight is 242 g/mol. The Kier molecular flexibility index (Phi) is 5.90. The topological polar surface area (TPSA) is 35.5 Å². The summed E-state index contributed by atoms with van der Waals surface area (Å²) in [6, 6.07) is 1.25. The molecule has 3 nitrogen and oxygen atoms in total. The summed E-state index contributed by atoms with van der Waals surface area (Å²) in [5, 5.41) is 13.1. The number of likely N-dealkylation sites (N-methyl/N-ethyl adjacent to an activating group) is 1. The van der Waals surface area contributed by atoms with Crippen LogP contribution >= 0.6 is 0 Å². The van der Waals surface area contributed by atoms with Crippen LogP contribution in [0.15, 0.2) is 0 Å². The number of nitrogens with one attached hydrogen (secondary N) is 1. The molecule has 0 radical (unpaired) electrons. The highest BCUT2D eigenvalue weighted by Gasteiger charge is 2.40. The predicted molar refractivity (Wildman–Crippen MR) is 73.3 cm³/mol. The van der Waals surface area contributed by atoms with Crippen molar-refractivity contribution in [3.8, 4) is 0 Å². The minimum absolute atomic E-state index is 0.0136. The molecular weight excluding hydrogens is 212 g/mol. The van der Waals surface area contributed by atoms with E-state index in [0.29, 0.717) is 12.1 Å². The fourth-order valence-electron chi connectivity index (χ4n) is 3.24. The molecule has 0 aliphatic heterocycles. The summed E-state index contributed by atoms with van der Waals surface area (Å²) in [6.45, 7) is 11.3. The van der Waals surface area contributed by atoms with Crippen LogP contribution in [0.5, 0.6) is 0 Å². The van der Waals surface area contributed by atoms with E-state index < -0.39 is 0 Å². The van der Waals surface area contributed by atoms with E-state index in [4.69, 9.17) is 0 Å². The van der Waals surface area contributed by atoms with E-state index in [9.17, 15) is 5.11 Å². The smallest absolute Gasteiger partial charge is 0.0613 e. The lowest BCUT2D eigenvalue weighted by molar-refractivity contribution is 0.125. The highest BCUT2D eigenvalue weighted by Crippen LogP contribution is 2.33. The van der Waals surface area contributed by atoms with E-state index in [-0.39, 0.29) is 12.1 Å². The van der Waals surface area contributed by atoms with Crippen molar-refractivity contribution in [3.05, 3.63) is 0 Å². The highest BCUT2D eigenvalue weighted by molar-refractivity contribution is 4.99. The molecule has 0 bridgehead atoms. The van der Waals surface area contributed by atoms with Crippen LogP contribution in [0, 0.1) is 0 Å². The summed E-state index contributed by atoms with van der Waals surface area (Å²) in [6.07, 6.45) is 4.62. The molecule has 2 N–H and O–H groups in total. The lowest BCUT2D eigenvalue weighted by Crippen LogP contribution is -2.48. The number of aliphatic hydroxyl groups is 1. The summed E-state index contributed by atoms with van der Waals surface area (Å²) >= 11 is 0. The summed E-state index contributed by atoms with van der Waals surface area (Å²) in [7, 11) is 0. The van der Waals surface area contributed by atoms with E-state index >= 15 is 0 Å². The van der Waals surface area contributed by atoms with Crippen molar-refractivity contribution in [2.45, 2.75) is 71.0 Å². The lowest BCUT2D eigenvalue weighted by atomic mass is 9.98. The molecule has 0 aromatic rings. The van der Waals surface area contributed by atoms with Gasteiger partial charge < -0.3 is 10.4 Å². The first kappa shape index (κ1) is 14.9. The first-order valence-electron chi connectivity index (χ1n) is 7.20. The van der Waals surface area contributed by atoms with Crippen molar-refractivity contribution >= 4 is 0 Å². The van der Waals surface area contributed by atoms with Gasteiger partial charge in [0, 0.05) is 17.6 Å². The number of rotatable bonds is 7. The second-order valence-electron chi connectivity index (χ2n) is 5.70. The molecule has 1 rings (SSSR count). The van der Waals surface area contributed by atoms with Crippen LogP contribution in [-0.2, 0) is 0 Å². The van der Waals surface area contributed by atoms with Crippen molar-refractivity contribution < 1.29 is 5.11 Å². The Morgan fingerprint density at radius 2 is 2.12 bits per heavy atom. The molecule has 17 heavy (non-hydrogen) atoms. The Hall–Kier alpha value is -0.120. The van der Waals surface area contributed by atoms with Gasteiger partial charge in [-0.1, -0.05) is 13.8 Å². The summed E-state index contributed by atoms with van der Waals surface area (Å²) in [4.78, 5) is 2.61. The van der Waals surface area contributed by atoms with Crippen LogP contribution in [0.1, 0.15) is 53.4 Å². The Bertz CT molecular complexity index is 220. The van der Waals surface area contributed by atoms with E-state index in [1.165, 1.54) is 19.4 Å². The van der Waals surface area contributed by atoms with E-state index in [2.05, 4.69) is 37.9 Å². The predicted octanol–water partition coefficient (Wildman–Crippen LogP) is 2.00. The molecule has 1 aliphatic carbocycles. The maximum Gasteiger partial charge on any atom is 0.0613 e. The molecule has 1 saturated carbocycles. The van der Waals surface area contributed by atoms with Crippen molar-refractivity contribution in [3.63, 3.8) is 0 Å². The molecule has 0 saturated heterocycles. The molecule has 3 heteroatoms. The quantitative estimate of drug-likeness (QED) is 0.717. The minimum atomic E-state index is -0.0136. The first-order chi connectivity index (χ1) is 8.08. The third kappa shape index (κ3) is 3.67. The normalized spacial score (nSPS) is 29.5. The molecule has 0 heterocycles. The van der Waals surface area contributed by atoms with Crippen LogP contribution in [-0.4, -0.2) is 47.3 Å². The van der Waals surface area contributed by atoms with Gasteiger partial charge in [0.15, 0.2) is 0 Å². The Labute approximate surface area is 107 Å². The minimum Gasteiger partial charge on any atom is -0.394 e. The second-order valence-corrected chi connectivity index (χ2v) is 5.70. The van der Waals surface area contributed by atoms with Crippen LogP contribution in [0.25, 0.3) is 0 Å². The van der Waals surface area contributed by atoms with Crippen molar-refractivity contribution in [2.75, 3.05) is 19.7 Å². The standard InChI is InChI=1S/C14H30N2O/c1-5-9-16(12(3)4)13-7-8-14(10-13,11-17)15-6-2/h12-13,15,17H,5-11H2,1-4H3. The third-order valence-corrected chi connectivity index (χ3v) is 4.05. The van der Waals surface area contributed by atoms with Crippen LogP contribution in [0.4, 0.5) is 0 Å². The van der Waals surface area contributed by atoms with E-state index in [1.807, 2.05) is 0 Å². The highest BCUT2D eigenvalue weighted by atomic mass is 16.3. The fourth-order valence-corrected chi connectivity index (χ4v) is 3.24. The van der Waals surface area contributed by atoms with Gasteiger partial charge in [0.05, 0.1) is 6.61 Å². The molecule has 1 fully saturated rings. The maximum atomic E-state index is 9.63. The van der Waals surface area contributed by atoms with Gasteiger partial charge in [0.25, 0.3) is 0 Å². The van der Waals surface area contributed by atoms with Gasteiger partial charge in [0.2, 0.25) is 0 Å². The number of hydrogen-bond acceptors (Lipinski definition) is 3. The van der Waals surface area contributed by atoms with Gasteiger partial charge >= 0.3 is 0 Å². The SMILES string of the molecule is CCCN(C(C)C)C1CCC(CO)(NCC)C1. The number of hydrogen-bond donors (Lipinski definition) is 2. The molecule has 0 spiro atoms. The van der Waals surface area contributed by atoms with Gasteiger partial charge in [-0.2, -0.15) is 0 Å². The average Bonchev–Trinajstić information content (AvgIpc) is 2.71. The second kappa shape index (κ2) is 6.72. The third-order valence-electron chi connectivity index (χ3n) is 4.05. The fraction of sp³-hybridized carbons (Fsp3) is 1.00.